The molecule has 2 heterocycles. The van der Waals surface area contributed by atoms with E-state index in [0.717, 1.165) is 26.1 Å². The Hall–Kier alpha value is -1.23. The van der Waals surface area contributed by atoms with E-state index in [1.54, 1.807) is 0 Å². The molecule has 1 N–H and O–H groups in total. The van der Waals surface area contributed by atoms with Gasteiger partial charge in [-0.3, -0.25) is 0 Å². The third-order valence-corrected chi connectivity index (χ3v) is 2.69. The molecule has 0 bridgehead atoms. The van der Waals surface area contributed by atoms with E-state index in [-0.39, 0.29) is 5.82 Å². The first-order chi connectivity index (χ1) is 7.31. The van der Waals surface area contributed by atoms with Crippen molar-refractivity contribution in [1.82, 2.24) is 15.3 Å². The summed E-state index contributed by atoms with van der Waals surface area (Å²) in [5, 5.41) is 3.33. The number of anilines is 1. The maximum atomic E-state index is 12.7. The number of nitrogens with one attached hydrogen (secondary N) is 1. The van der Waals surface area contributed by atoms with Crippen LogP contribution in [0.3, 0.4) is 0 Å². The SMILES string of the molecule is CCC1CNCCN1c1ncc(F)cn1. The Morgan fingerprint density at radius 1 is 1.53 bits per heavy atom. The van der Waals surface area contributed by atoms with E-state index in [1.807, 2.05) is 0 Å². The number of halogens is 1. The predicted octanol–water partition coefficient (Wildman–Crippen LogP) is 0.804. The quantitative estimate of drug-likeness (QED) is 0.784. The summed E-state index contributed by atoms with van der Waals surface area (Å²) < 4.78 is 12.7. The van der Waals surface area contributed by atoms with Gasteiger partial charge >= 0.3 is 0 Å². The van der Waals surface area contributed by atoms with E-state index in [4.69, 9.17) is 0 Å². The number of rotatable bonds is 2. The Labute approximate surface area is 88.5 Å². The smallest absolute Gasteiger partial charge is 0.225 e. The summed E-state index contributed by atoms with van der Waals surface area (Å²) in [6.07, 6.45) is 3.47. The third kappa shape index (κ3) is 2.23. The van der Waals surface area contributed by atoms with Gasteiger partial charge in [-0.1, -0.05) is 6.92 Å². The van der Waals surface area contributed by atoms with Crippen molar-refractivity contribution in [3.8, 4) is 0 Å². The second-order valence-electron chi connectivity index (χ2n) is 3.66. The Balaban J connectivity index is 2.16. The monoisotopic (exact) mass is 210 g/mol. The van der Waals surface area contributed by atoms with Crippen LogP contribution >= 0.6 is 0 Å². The summed E-state index contributed by atoms with van der Waals surface area (Å²) in [4.78, 5) is 10.2. The molecule has 0 spiro atoms. The summed E-state index contributed by atoms with van der Waals surface area (Å²) in [5.74, 6) is 0.242. The highest BCUT2D eigenvalue weighted by Crippen LogP contribution is 2.14. The van der Waals surface area contributed by atoms with Gasteiger partial charge in [0.05, 0.1) is 12.4 Å². The normalized spacial score (nSPS) is 21.7. The van der Waals surface area contributed by atoms with Crippen LogP contribution in [0.4, 0.5) is 10.3 Å². The maximum absolute atomic E-state index is 12.7. The van der Waals surface area contributed by atoms with Crippen LogP contribution in [0.25, 0.3) is 0 Å². The number of nitrogens with zero attached hydrogens (tertiary/aromatic N) is 3. The van der Waals surface area contributed by atoms with Gasteiger partial charge in [-0.25, -0.2) is 14.4 Å². The van der Waals surface area contributed by atoms with Crippen molar-refractivity contribution in [1.29, 1.82) is 0 Å². The standard InChI is InChI=1S/C10H15FN4/c1-2-9-7-12-3-4-15(9)10-13-5-8(11)6-14-10/h5-6,9,12H,2-4,7H2,1H3. The lowest BCUT2D eigenvalue weighted by atomic mass is 10.1. The first kappa shape index (κ1) is 10.3. The van der Waals surface area contributed by atoms with Crippen molar-refractivity contribution in [2.75, 3.05) is 24.5 Å². The van der Waals surface area contributed by atoms with E-state index in [0.29, 0.717) is 12.0 Å². The largest absolute Gasteiger partial charge is 0.335 e. The third-order valence-electron chi connectivity index (χ3n) is 2.69. The molecule has 82 valence electrons. The zero-order valence-electron chi connectivity index (χ0n) is 8.78. The molecule has 1 aromatic rings. The van der Waals surface area contributed by atoms with E-state index >= 15 is 0 Å². The van der Waals surface area contributed by atoms with Crippen LogP contribution in [0, 0.1) is 5.82 Å². The number of piperazine rings is 1. The van der Waals surface area contributed by atoms with Gasteiger partial charge in [0, 0.05) is 25.7 Å². The highest BCUT2D eigenvalue weighted by atomic mass is 19.1. The molecule has 0 aliphatic carbocycles. The molecular weight excluding hydrogens is 195 g/mol. The fourth-order valence-corrected chi connectivity index (χ4v) is 1.84. The number of hydrogen-bond acceptors (Lipinski definition) is 4. The van der Waals surface area contributed by atoms with Crippen LogP contribution in [0.5, 0.6) is 0 Å². The molecule has 2 rings (SSSR count). The van der Waals surface area contributed by atoms with E-state index in [2.05, 4.69) is 27.1 Å². The molecule has 5 heteroatoms. The molecule has 0 amide bonds. The molecule has 1 saturated heterocycles. The minimum atomic E-state index is -0.387. The van der Waals surface area contributed by atoms with Gasteiger partial charge in [-0.05, 0) is 6.42 Å². The lowest BCUT2D eigenvalue weighted by molar-refractivity contribution is 0.458. The Morgan fingerprint density at radius 3 is 2.93 bits per heavy atom. The molecule has 1 aromatic heterocycles. The van der Waals surface area contributed by atoms with Crippen LogP contribution in [-0.2, 0) is 0 Å². The van der Waals surface area contributed by atoms with Gasteiger partial charge in [0.2, 0.25) is 5.95 Å². The topological polar surface area (TPSA) is 41.0 Å². The van der Waals surface area contributed by atoms with Crippen molar-refractivity contribution in [3.05, 3.63) is 18.2 Å². The number of aromatic nitrogens is 2. The average molecular weight is 210 g/mol. The summed E-state index contributed by atoms with van der Waals surface area (Å²) in [7, 11) is 0. The van der Waals surface area contributed by atoms with Crippen LogP contribution in [-0.4, -0.2) is 35.6 Å². The van der Waals surface area contributed by atoms with Gasteiger partial charge < -0.3 is 10.2 Å². The Morgan fingerprint density at radius 2 is 2.27 bits per heavy atom. The molecular formula is C10H15FN4. The zero-order chi connectivity index (χ0) is 10.7. The summed E-state index contributed by atoms with van der Waals surface area (Å²) in [5.41, 5.74) is 0. The first-order valence-corrected chi connectivity index (χ1v) is 5.26. The van der Waals surface area contributed by atoms with Crippen LogP contribution < -0.4 is 10.2 Å². The first-order valence-electron chi connectivity index (χ1n) is 5.26. The predicted molar refractivity (Wildman–Crippen MR) is 56.3 cm³/mol. The van der Waals surface area contributed by atoms with Gasteiger partial charge in [-0.2, -0.15) is 0 Å². The van der Waals surface area contributed by atoms with E-state index < -0.39 is 0 Å². The highest BCUT2D eigenvalue weighted by Gasteiger charge is 2.22. The Bertz CT molecular complexity index is 314. The fourth-order valence-electron chi connectivity index (χ4n) is 1.84. The van der Waals surface area contributed by atoms with Gasteiger partial charge in [0.25, 0.3) is 0 Å². The molecule has 1 atom stereocenters. The van der Waals surface area contributed by atoms with Crippen molar-refractivity contribution >= 4 is 5.95 Å². The minimum absolute atomic E-state index is 0.387. The van der Waals surface area contributed by atoms with E-state index in [9.17, 15) is 4.39 Å². The van der Waals surface area contributed by atoms with Gasteiger partial charge in [0.15, 0.2) is 5.82 Å². The van der Waals surface area contributed by atoms with Crippen LogP contribution in [0.15, 0.2) is 12.4 Å². The fraction of sp³-hybridized carbons (Fsp3) is 0.600. The van der Waals surface area contributed by atoms with E-state index in [1.165, 1.54) is 12.4 Å². The van der Waals surface area contributed by atoms with Gasteiger partial charge in [0.1, 0.15) is 0 Å². The maximum Gasteiger partial charge on any atom is 0.225 e. The lowest BCUT2D eigenvalue weighted by Crippen LogP contribution is -2.51. The van der Waals surface area contributed by atoms with Crippen molar-refractivity contribution < 1.29 is 4.39 Å². The average Bonchev–Trinajstić information content (AvgIpc) is 2.30. The molecule has 0 saturated carbocycles. The molecule has 4 nitrogen and oxygen atoms in total. The van der Waals surface area contributed by atoms with Gasteiger partial charge in [-0.15, -0.1) is 0 Å². The minimum Gasteiger partial charge on any atom is -0.335 e. The molecule has 1 aliphatic rings. The summed E-state index contributed by atoms with van der Waals surface area (Å²) in [6, 6.07) is 0.407. The molecule has 1 aliphatic heterocycles. The Kier molecular flexibility index (Phi) is 3.11. The van der Waals surface area contributed by atoms with Crippen molar-refractivity contribution in [2.45, 2.75) is 19.4 Å². The molecule has 1 fully saturated rings. The van der Waals surface area contributed by atoms with Crippen LogP contribution in [0.1, 0.15) is 13.3 Å². The highest BCUT2D eigenvalue weighted by molar-refractivity contribution is 5.31. The number of hydrogen-bond donors (Lipinski definition) is 1. The second-order valence-corrected chi connectivity index (χ2v) is 3.66. The molecule has 0 radical (unpaired) electrons. The van der Waals surface area contributed by atoms with Crippen LogP contribution in [0.2, 0.25) is 0 Å². The molecule has 0 aromatic carbocycles. The second kappa shape index (κ2) is 4.53. The van der Waals surface area contributed by atoms with Crippen molar-refractivity contribution in [3.63, 3.8) is 0 Å². The zero-order valence-corrected chi connectivity index (χ0v) is 8.78. The summed E-state index contributed by atoms with van der Waals surface area (Å²) >= 11 is 0. The summed E-state index contributed by atoms with van der Waals surface area (Å²) in [6.45, 7) is 4.88. The lowest BCUT2D eigenvalue weighted by Gasteiger charge is -2.35. The molecule has 15 heavy (non-hydrogen) atoms. The molecule has 1 unspecified atom stereocenters. The van der Waals surface area contributed by atoms with Crippen molar-refractivity contribution in [2.24, 2.45) is 0 Å².